The molecule has 2 aliphatic rings. The minimum Gasteiger partial charge on any atom is -0.429 e. The molecule has 0 atom stereocenters. The first-order valence-corrected chi connectivity index (χ1v) is 15.8. The highest BCUT2D eigenvalue weighted by Crippen LogP contribution is 2.39. The SMILES string of the molecule is CCCCCC1CCC(C2COC(c3ccc(C=CC(F)(F)Oc4ccc(-c5cc(F)c(F)c(F)c5)c(F)c4)c(F)c3)OC2)CC1. The molecule has 5 rings (SSSR count). The van der Waals surface area contributed by atoms with Gasteiger partial charge in [-0.3, -0.25) is 0 Å². The summed E-state index contributed by atoms with van der Waals surface area (Å²) in [5.41, 5.74) is -0.385. The van der Waals surface area contributed by atoms with E-state index in [1.165, 1.54) is 63.5 Å². The zero-order valence-electron chi connectivity index (χ0n) is 25.5. The second-order valence-corrected chi connectivity index (χ2v) is 12.2. The molecule has 1 saturated carbocycles. The van der Waals surface area contributed by atoms with Gasteiger partial charge in [0, 0.05) is 34.8 Å². The minimum absolute atomic E-state index is 0.140. The van der Waals surface area contributed by atoms with Crippen LogP contribution in [0.2, 0.25) is 0 Å². The number of hydrogen-bond acceptors (Lipinski definition) is 3. The van der Waals surface area contributed by atoms with Gasteiger partial charge < -0.3 is 14.2 Å². The average Bonchev–Trinajstić information content (AvgIpc) is 3.03. The van der Waals surface area contributed by atoms with Gasteiger partial charge in [0.1, 0.15) is 17.4 Å². The Hall–Kier alpha value is -3.37. The predicted molar refractivity (Wildman–Crippen MR) is 160 cm³/mol. The molecule has 0 spiro atoms. The van der Waals surface area contributed by atoms with Crippen LogP contribution in [0.15, 0.2) is 54.6 Å². The fraction of sp³-hybridized carbons (Fsp3) is 0.444. The molecule has 0 aromatic heterocycles. The molecular formula is C36H37F7O3. The molecule has 3 nitrogen and oxygen atoms in total. The topological polar surface area (TPSA) is 27.7 Å². The van der Waals surface area contributed by atoms with Crippen LogP contribution in [0.25, 0.3) is 17.2 Å². The van der Waals surface area contributed by atoms with Crippen molar-refractivity contribution >= 4 is 6.08 Å². The highest BCUT2D eigenvalue weighted by Gasteiger charge is 2.33. The maximum atomic E-state index is 14.9. The number of unbranched alkanes of at least 4 members (excludes halogenated alkanes) is 2. The standard InChI is InChI=1S/C36H37F7O3/c1-2-3-4-5-22-6-8-23(9-7-22)27-20-44-35(45-21-27)25-11-10-24(30(37)16-25)14-15-36(42,43)46-28-12-13-29(31(38)19-28)26-17-32(39)34(41)33(40)18-26/h10-19,22-23,27,35H,2-9,20-21H2,1H3. The van der Waals surface area contributed by atoms with Crippen LogP contribution >= 0.6 is 0 Å². The van der Waals surface area contributed by atoms with Crippen molar-refractivity contribution in [2.75, 3.05) is 13.2 Å². The first kappa shape index (κ1) is 34.0. The molecule has 1 aliphatic heterocycles. The van der Waals surface area contributed by atoms with Gasteiger partial charge in [-0.05, 0) is 66.6 Å². The molecule has 1 aliphatic carbocycles. The van der Waals surface area contributed by atoms with Crippen LogP contribution in [0.3, 0.4) is 0 Å². The first-order chi connectivity index (χ1) is 22.0. The third-order valence-electron chi connectivity index (χ3n) is 8.94. The van der Waals surface area contributed by atoms with E-state index in [4.69, 9.17) is 9.47 Å². The molecular weight excluding hydrogens is 613 g/mol. The Labute approximate surface area is 264 Å². The van der Waals surface area contributed by atoms with Crippen molar-refractivity contribution in [3.8, 4) is 16.9 Å². The molecule has 248 valence electrons. The number of halogens is 7. The van der Waals surface area contributed by atoms with Crippen molar-refractivity contribution in [3.63, 3.8) is 0 Å². The molecule has 0 amide bonds. The molecule has 0 unspecified atom stereocenters. The van der Waals surface area contributed by atoms with Crippen molar-refractivity contribution in [3.05, 3.63) is 94.8 Å². The largest absolute Gasteiger partial charge is 0.429 e. The van der Waals surface area contributed by atoms with Gasteiger partial charge in [0.05, 0.1) is 13.2 Å². The third-order valence-corrected chi connectivity index (χ3v) is 8.94. The van der Waals surface area contributed by atoms with E-state index in [1.54, 1.807) is 6.07 Å². The zero-order valence-corrected chi connectivity index (χ0v) is 25.5. The summed E-state index contributed by atoms with van der Waals surface area (Å²) in [5.74, 6) is -5.61. The van der Waals surface area contributed by atoms with E-state index in [9.17, 15) is 30.7 Å². The van der Waals surface area contributed by atoms with E-state index in [2.05, 4.69) is 11.7 Å². The highest BCUT2D eigenvalue weighted by molar-refractivity contribution is 5.65. The van der Waals surface area contributed by atoms with Crippen LogP contribution in [-0.4, -0.2) is 19.3 Å². The lowest BCUT2D eigenvalue weighted by Crippen LogP contribution is -2.34. The lowest BCUT2D eigenvalue weighted by molar-refractivity contribution is -0.214. The molecule has 0 radical (unpaired) electrons. The van der Waals surface area contributed by atoms with E-state index in [-0.39, 0.29) is 16.7 Å². The van der Waals surface area contributed by atoms with Gasteiger partial charge in [-0.2, -0.15) is 8.78 Å². The fourth-order valence-electron chi connectivity index (χ4n) is 6.32. The number of rotatable bonds is 11. The Morgan fingerprint density at radius 2 is 1.48 bits per heavy atom. The van der Waals surface area contributed by atoms with Crippen molar-refractivity contribution in [2.45, 2.75) is 70.7 Å². The minimum atomic E-state index is -3.97. The Morgan fingerprint density at radius 3 is 2.11 bits per heavy atom. The second-order valence-electron chi connectivity index (χ2n) is 12.2. The molecule has 0 N–H and O–H groups in total. The lowest BCUT2D eigenvalue weighted by Gasteiger charge is -2.38. The first-order valence-electron chi connectivity index (χ1n) is 15.8. The molecule has 1 heterocycles. The number of alkyl halides is 2. The summed E-state index contributed by atoms with van der Waals surface area (Å²) < 4.78 is 115. The Balaban J connectivity index is 1.14. The maximum Gasteiger partial charge on any atom is 0.419 e. The number of hydrogen-bond donors (Lipinski definition) is 0. The van der Waals surface area contributed by atoms with Gasteiger partial charge >= 0.3 is 6.11 Å². The molecule has 46 heavy (non-hydrogen) atoms. The lowest BCUT2D eigenvalue weighted by atomic mass is 9.74. The Bertz CT molecular complexity index is 1490. The molecule has 2 fully saturated rings. The molecule has 1 saturated heterocycles. The zero-order chi connectivity index (χ0) is 32.8. The van der Waals surface area contributed by atoms with Crippen LogP contribution in [0.5, 0.6) is 5.75 Å². The molecule has 3 aromatic rings. The van der Waals surface area contributed by atoms with Crippen molar-refractivity contribution in [1.29, 1.82) is 0 Å². The van der Waals surface area contributed by atoms with Gasteiger partial charge in [0.15, 0.2) is 23.7 Å². The Morgan fingerprint density at radius 1 is 0.783 bits per heavy atom. The van der Waals surface area contributed by atoms with Gasteiger partial charge in [0.2, 0.25) is 0 Å². The normalized spacial score (nSPS) is 22.3. The third kappa shape index (κ3) is 8.50. The van der Waals surface area contributed by atoms with Crippen molar-refractivity contribution in [1.82, 2.24) is 0 Å². The Kier molecular flexibility index (Phi) is 11.1. The quantitative estimate of drug-likeness (QED) is 0.117. The molecule has 0 bridgehead atoms. The predicted octanol–water partition coefficient (Wildman–Crippen LogP) is 10.8. The fourth-order valence-corrected chi connectivity index (χ4v) is 6.32. The molecule has 10 heteroatoms. The summed E-state index contributed by atoms with van der Waals surface area (Å²) in [4.78, 5) is 0. The van der Waals surface area contributed by atoms with Gasteiger partial charge in [-0.15, -0.1) is 0 Å². The van der Waals surface area contributed by atoms with Crippen LogP contribution < -0.4 is 4.74 Å². The monoisotopic (exact) mass is 650 g/mol. The van der Waals surface area contributed by atoms with Gasteiger partial charge in [-0.1, -0.05) is 57.6 Å². The maximum absolute atomic E-state index is 14.9. The van der Waals surface area contributed by atoms with Crippen LogP contribution in [-0.2, 0) is 9.47 Å². The molecule has 3 aromatic carbocycles. The summed E-state index contributed by atoms with van der Waals surface area (Å²) >= 11 is 0. The van der Waals surface area contributed by atoms with Crippen LogP contribution in [0, 0.1) is 46.8 Å². The highest BCUT2D eigenvalue weighted by atomic mass is 19.3. The second kappa shape index (κ2) is 15.0. The van der Waals surface area contributed by atoms with E-state index >= 15 is 0 Å². The van der Waals surface area contributed by atoms with Crippen LogP contribution in [0.1, 0.15) is 75.7 Å². The number of ether oxygens (including phenoxy) is 3. The van der Waals surface area contributed by atoms with E-state index in [0.29, 0.717) is 54.9 Å². The van der Waals surface area contributed by atoms with Gasteiger partial charge in [-0.25, -0.2) is 22.0 Å². The smallest absolute Gasteiger partial charge is 0.419 e. The van der Waals surface area contributed by atoms with Crippen molar-refractivity contribution < 1.29 is 44.9 Å². The van der Waals surface area contributed by atoms with E-state index < -0.39 is 47.2 Å². The summed E-state index contributed by atoms with van der Waals surface area (Å²) in [7, 11) is 0. The van der Waals surface area contributed by atoms with E-state index in [1.807, 2.05) is 0 Å². The van der Waals surface area contributed by atoms with Crippen LogP contribution in [0.4, 0.5) is 30.7 Å². The van der Waals surface area contributed by atoms with Crippen molar-refractivity contribution in [2.24, 2.45) is 17.8 Å². The summed E-state index contributed by atoms with van der Waals surface area (Å²) in [6.45, 7) is 3.25. The summed E-state index contributed by atoms with van der Waals surface area (Å²) in [6.07, 6.45) is 6.40. The number of benzene rings is 3. The van der Waals surface area contributed by atoms with Gasteiger partial charge in [0.25, 0.3) is 0 Å². The van der Waals surface area contributed by atoms with E-state index in [0.717, 1.165) is 24.1 Å². The summed E-state index contributed by atoms with van der Waals surface area (Å²) in [5, 5.41) is 0. The average molecular weight is 651 g/mol. The summed E-state index contributed by atoms with van der Waals surface area (Å²) in [6, 6.07) is 7.74.